The van der Waals surface area contributed by atoms with Crippen molar-refractivity contribution in [2.24, 2.45) is 28.3 Å². The lowest BCUT2D eigenvalue weighted by atomic mass is 9.59. The molecule has 2 aromatic carbocycles. The normalized spacial score (nSPS) is 23.4. The minimum atomic E-state index is -0.474. The van der Waals surface area contributed by atoms with Crippen molar-refractivity contribution < 1.29 is 9.59 Å². The first-order valence-electron chi connectivity index (χ1n) is 12.7. The summed E-state index contributed by atoms with van der Waals surface area (Å²) in [5.74, 6) is 0.490. The second-order valence-electron chi connectivity index (χ2n) is 10.7. The lowest BCUT2D eigenvalue weighted by molar-refractivity contribution is -0.126. The third-order valence-electron chi connectivity index (χ3n) is 7.80. The number of carbonyl (C=O) groups excluding carboxylic acids is 2. The topological polar surface area (TPSA) is 70.6 Å². The number of hydrogen-bond acceptors (Lipinski definition) is 3. The van der Waals surface area contributed by atoms with Crippen LogP contribution in [-0.2, 0) is 9.59 Å². The molecule has 0 aliphatic heterocycles. The van der Waals surface area contributed by atoms with E-state index in [1.54, 1.807) is 5.57 Å². The highest BCUT2D eigenvalue weighted by atomic mass is 16.2. The molecule has 3 atom stereocenters. The monoisotopic (exact) mass is 471 g/mol. The standard InChI is InChI=1S/C30H37N3O2/c1-21-17-26-24(15-10-16-30(26,2)3)18-25(21)19-32-33-27(34)20-31-29(35)28(22-11-6-4-7-12-22)23-13-8-5-9-14-23/h4-9,11-15,19,21,25-26,28H,10,16-18,20H2,1-3H3,(H,31,35)(H,33,34)/b32-19-/t21-,25+,26+/m1/s1. The summed E-state index contributed by atoms with van der Waals surface area (Å²) in [6.45, 7) is 6.95. The number of hydrazone groups is 1. The van der Waals surface area contributed by atoms with E-state index < -0.39 is 5.92 Å². The molecule has 2 aromatic rings. The van der Waals surface area contributed by atoms with Gasteiger partial charge in [-0.25, -0.2) is 5.43 Å². The van der Waals surface area contributed by atoms with Crippen molar-refractivity contribution in [2.75, 3.05) is 6.54 Å². The van der Waals surface area contributed by atoms with Crippen molar-refractivity contribution in [1.29, 1.82) is 0 Å². The van der Waals surface area contributed by atoms with Gasteiger partial charge < -0.3 is 5.32 Å². The van der Waals surface area contributed by atoms with E-state index in [0.29, 0.717) is 23.2 Å². The van der Waals surface area contributed by atoms with Gasteiger partial charge in [0.2, 0.25) is 5.91 Å². The van der Waals surface area contributed by atoms with E-state index in [-0.39, 0.29) is 18.4 Å². The van der Waals surface area contributed by atoms with Crippen LogP contribution in [0.2, 0.25) is 0 Å². The Morgan fingerprint density at radius 1 is 1.06 bits per heavy atom. The number of nitrogens with one attached hydrogen (secondary N) is 2. The molecule has 0 radical (unpaired) electrons. The van der Waals surface area contributed by atoms with Crippen LogP contribution in [0, 0.1) is 23.2 Å². The number of fused-ring (bicyclic) bond motifs is 1. The van der Waals surface area contributed by atoms with E-state index in [2.05, 4.69) is 42.7 Å². The fourth-order valence-electron chi connectivity index (χ4n) is 5.66. The molecule has 2 amide bonds. The summed E-state index contributed by atoms with van der Waals surface area (Å²) in [6.07, 6.45) is 8.90. The Hall–Kier alpha value is -3.21. The van der Waals surface area contributed by atoms with Gasteiger partial charge in [-0.3, -0.25) is 9.59 Å². The van der Waals surface area contributed by atoms with Gasteiger partial charge in [-0.05, 0) is 54.1 Å². The molecule has 0 saturated heterocycles. The fraction of sp³-hybridized carbons (Fsp3) is 0.433. The quantitative estimate of drug-likeness (QED) is 0.320. The Morgan fingerprint density at radius 2 is 1.69 bits per heavy atom. The van der Waals surface area contributed by atoms with Gasteiger partial charge in [0, 0.05) is 12.1 Å². The minimum Gasteiger partial charge on any atom is -0.346 e. The molecule has 0 unspecified atom stereocenters. The van der Waals surface area contributed by atoms with Crippen LogP contribution in [-0.4, -0.2) is 24.6 Å². The molecule has 2 aliphatic rings. The zero-order chi connectivity index (χ0) is 24.8. The number of amides is 2. The maximum atomic E-state index is 13.1. The van der Waals surface area contributed by atoms with Crippen LogP contribution in [0.25, 0.3) is 0 Å². The first-order valence-corrected chi connectivity index (χ1v) is 12.7. The zero-order valence-electron chi connectivity index (χ0n) is 21.0. The molecule has 0 bridgehead atoms. The molecule has 5 nitrogen and oxygen atoms in total. The highest BCUT2D eigenvalue weighted by molar-refractivity contribution is 5.90. The van der Waals surface area contributed by atoms with Crippen molar-refractivity contribution >= 4 is 18.0 Å². The molecule has 2 aliphatic carbocycles. The van der Waals surface area contributed by atoms with Crippen molar-refractivity contribution in [1.82, 2.24) is 10.7 Å². The number of benzene rings is 2. The smallest absolute Gasteiger partial charge is 0.259 e. The van der Waals surface area contributed by atoms with E-state index in [1.807, 2.05) is 66.9 Å². The zero-order valence-corrected chi connectivity index (χ0v) is 21.0. The Balaban J connectivity index is 1.32. The molecule has 184 valence electrons. The molecular weight excluding hydrogens is 434 g/mol. The van der Waals surface area contributed by atoms with Gasteiger partial charge in [-0.1, -0.05) is 93.1 Å². The van der Waals surface area contributed by atoms with E-state index >= 15 is 0 Å². The molecule has 1 saturated carbocycles. The maximum Gasteiger partial charge on any atom is 0.259 e. The van der Waals surface area contributed by atoms with Crippen molar-refractivity contribution in [3.8, 4) is 0 Å². The van der Waals surface area contributed by atoms with Crippen LogP contribution >= 0.6 is 0 Å². The van der Waals surface area contributed by atoms with Gasteiger partial charge in [0.15, 0.2) is 0 Å². The van der Waals surface area contributed by atoms with Gasteiger partial charge in [-0.15, -0.1) is 0 Å². The van der Waals surface area contributed by atoms with E-state index in [1.165, 1.54) is 12.8 Å². The van der Waals surface area contributed by atoms with Crippen molar-refractivity contribution in [3.63, 3.8) is 0 Å². The van der Waals surface area contributed by atoms with Gasteiger partial charge in [0.25, 0.3) is 5.91 Å². The summed E-state index contributed by atoms with van der Waals surface area (Å²) in [4.78, 5) is 25.5. The fourth-order valence-corrected chi connectivity index (χ4v) is 5.66. The molecule has 2 N–H and O–H groups in total. The van der Waals surface area contributed by atoms with Crippen LogP contribution < -0.4 is 10.7 Å². The highest BCUT2D eigenvalue weighted by Crippen LogP contribution is 2.50. The third kappa shape index (κ3) is 6.08. The average Bonchev–Trinajstić information content (AvgIpc) is 2.85. The van der Waals surface area contributed by atoms with Crippen LogP contribution in [0.15, 0.2) is 77.4 Å². The summed E-state index contributed by atoms with van der Waals surface area (Å²) in [5.41, 5.74) is 6.31. The van der Waals surface area contributed by atoms with Crippen LogP contribution in [0.3, 0.4) is 0 Å². The molecule has 0 spiro atoms. The number of hydrogen-bond donors (Lipinski definition) is 2. The number of allylic oxidation sites excluding steroid dienone is 2. The molecule has 0 heterocycles. The minimum absolute atomic E-state index is 0.117. The molecule has 1 fully saturated rings. The maximum absolute atomic E-state index is 13.1. The third-order valence-corrected chi connectivity index (χ3v) is 7.80. The number of nitrogens with zero attached hydrogens (tertiary/aromatic N) is 1. The molecule has 4 rings (SSSR count). The van der Waals surface area contributed by atoms with Gasteiger partial charge in [0.1, 0.15) is 0 Å². The van der Waals surface area contributed by atoms with Crippen molar-refractivity contribution in [2.45, 2.75) is 52.4 Å². The highest BCUT2D eigenvalue weighted by Gasteiger charge is 2.40. The number of rotatable bonds is 7. The van der Waals surface area contributed by atoms with Crippen LogP contribution in [0.5, 0.6) is 0 Å². The molecular formula is C30H37N3O2. The van der Waals surface area contributed by atoms with Gasteiger partial charge >= 0.3 is 0 Å². The average molecular weight is 472 g/mol. The summed E-state index contributed by atoms with van der Waals surface area (Å²) < 4.78 is 0. The summed E-state index contributed by atoms with van der Waals surface area (Å²) in [6, 6.07) is 19.2. The predicted molar refractivity (Wildman–Crippen MR) is 141 cm³/mol. The summed E-state index contributed by atoms with van der Waals surface area (Å²) in [7, 11) is 0. The predicted octanol–water partition coefficient (Wildman–Crippen LogP) is 5.45. The Bertz CT molecular complexity index is 1040. The first kappa shape index (κ1) is 24.9. The molecule has 35 heavy (non-hydrogen) atoms. The van der Waals surface area contributed by atoms with Crippen molar-refractivity contribution in [3.05, 3.63) is 83.4 Å². The largest absolute Gasteiger partial charge is 0.346 e. The van der Waals surface area contributed by atoms with Crippen LogP contribution in [0.4, 0.5) is 0 Å². The molecule has 0 aromatic heterocycles. The van der Waals surface area contributed by atoms with E-state index in [4.69, 9.17) is 0 Å². The Kier molecular flexibility index (Phi) is 7.84. The van der Waals surface area contributed by atoms with E-state index in [0.717, 1.165) is 24.0 Å². The van der Waals surface area contributed by atoms with E-state index in [9.17, 15) is 9.59 Å². The Morgan fingerprint density at radius 3 is 2.31 bits per heavy atom. The van der Waals surface area contributed by atoms with Gasteiger partial charge in [0.05, 0.1) is 12.5 Å². The number of carbonyl (C=O) groups is 2. The lowest BCUT2D eigenvalue weighted by Gasteiger charge is -2.46. The van der Waals surface area contributed by atoms with Gasteiger partial charge in [-0.2, -0.15) is 5.10 Å². The molecule has 5 heteroatoms. The summed E-state index contributed by atoms with van der Waals surface area (Å²) >= 11 is 0. The lowest BCUT2D eigenvalue weighted by Crippen LogP contribution is -2.38. The SMILES string of the molecule is C[C@@H]1C[C@H]2C(=CCCC2(C)C)C[C@H]1/C=N\NC(=O)CNC(=O)C(c1ccccc1)c1ccccc1. The Labute approximate surface area is 209 Å². The second kappa shape index (κ2) is 11.0. The second-order valence-corrected chi connectivity index (χ2v) is 10.7. The summed E-state index contributed by atoms with van der Waals surface area (Å²) in [5, 5.41) is 7.04. The van der Waals surface area contributed by atoms with Crippen LogP contribution in [0.1, 0.15) is 63.5 Å². The first-order chi connectivity index (χ1) is 16.8.